The summed E-state index contributed by atoms with van der Waals surface area (Å²) in [7, 11) is 0. The molecule has 1 aromatic heterocycles. The maximum atomic E-state index is 10.9. The van der Waals surface area contributed by atoms with Crippen LogP contribution in [0.25, 0.3) is 0 Å². The van der Waals surface area contributed by atoms with Crippen molar-refractivity contribution in [3.05, 3.63) is 22.4 Å². The first kappa shape index (κ1) is 10.6. The van der Waals surface area contributed by atoms with Gasteiger partial charge in [0.2, 0.25) is 5.91 Å². The average Bonchev–Trinajstić information content (AvgIpc) is 2.84. The summed E-state index contributed by atoms with van der Waals surface area (Å²) in [4.78, 5) is 11.9. The van der Waals surface area contributed by atoms with Gasteiger partial charge in [0.1, 0.15) is 6.10 Å². The maximum Gasteiger partial charge on any atom is 0.221 e. The SMILES string of the molecule is O=C1CC(NCC(O)c2cccs2)CN1. The normalized spacial score (nSPS) is 22.7. The maximum absolute atomic E-state index is 10.9. The Bertz CT molecular complexity index is 326. The number of hydrogen-bond acceptors (Lipinski definition) is 4. The van der Waals surface area contributed by atoms with E-state index >= 15 is 0 Å². The van der Waals surface area contributed by atoms with Gasteiger partial charge >= 0.3 is 0 Å². The van der Waals surface area contributed by atoms with E-state index in [1.54, 1.807) is 11.3 Å². The molecule has 0 spiro atoms. The van der Waals surface area contributed by atoms with Gasteiger partial charge in [0.15, 0.2) is 0 Å². The van der Waals surface area contributed by atoms with Crippen LogP contribution in [0.5, 0.6) is 0 Å². The van der Waals surface area contributed by atoms with Gasteiger partial charge in [-0.2, -0.15) is 0 Å². The predicted octanol–water partition coefficient (Wildman–Crippen LogP) is 0.260. The van der Waals surface area contributed by atoms with Crippen molar-refractivity contribution in [1.29, 1.82) is 0 Å². The average molecular weight is 226 g/mol. The summed E-state index contributed by atoms with van der Waals surface area (Å²) in [6, 6.07) is 3.99. The summed E-state index contributed by atoms with van der Waals surface area (Å²) in [5.74, 6) is 0.0816. The molecule has 0 aliphatic carbocycles. The topological polar surface area (TPSA) is 61.4 Å². The molecule has 5 heteroatoms. The number of nitrogens with one attached hydrogen (secondary N) is 2. The number of aliphatic hydroxyl groups is 1. The largest absolute Gasteiger partial charge is 0.386 e. The van der Waals surface area contributed by atoms with Crippen molar-refractivity contribution >= 4 is 17.2 Å². The lowest BCUT2D eigenvalue weighted by Gasteiger charge is -2.13. The number of rotatable bonds is 4. The predicted molar refractivity (Wildman–Crippen MR) is 58.7 cm³/mol. The van der Waals surface area contributed by atoms with Gasteiger partial charge < -0.3 is 15.7 Å². The molecular formula is C10H14N2O2S. The van der Waals surface area contributed by atoms with Gasteiger partial charge in [-0.1, -0.05) is 6.07 Å². The van der Waals surface area contributed by atoms with E-state index < -0.39 is 6.10 Å². The van der Waals surface area contributed by atoms with E-state index in [0.717, 1.165) is 4.88 Å². The molecule has 1 aromatic rings. The fourth-order valence-corrected chi connectivity index (χ4v) is 2.32. The highest BCUT2D eigenvalue weighted by atomic mass is 32.1. The van der Waals surface area contributed by atoms with E-state index in [9.17, 15) is 9.90 Å². The summed E-state index contributed by atoms with van der Waals surface area (Å²) < 4.78 is 0. The molecule has 82 valence electrons. The van der Waals surface area contributed by atoms with Gasteiger partial charge in [0, 0.05) is 30.4 Å². The molecule has 1 saturated heterocycles. The first-order valence-electron chi connectivity index (χ1n) is 4.97. The second-order valence-electron chi connectivity index (χ2n) is 3.64. The van der Waals surface area contributed by atoms with Gasteiger partial charge in [-0.25, -0.2) is 0 Å². The third-order valence-electron chi connectivity index (χ3n) is 2.45. The molecular weight excluding hydrogens is 212 g/mol. The van der Waals surface area contributed by atoms with E-state index in [2.05, 4.69) is 10.6 Å². The van der Waals surface area contributed by atoms with Crippen LogP contribution in [0.15, 0.2) is 17.5 Å². The molecule has 1 aliphatic rings. The van der Waals surface area contributed by atoms with Gasteiger partial charge in [0.25, 0.3) is 0 Å². The van der Waals surface area contributed by atoms with Crippen molar-refractivity contribution in [2.45, 2.75) is 18.6 Å². The summed E-state index contributed by atoms with van der Waals surface area (Å²) in [6.07, 6.45) is 0.0395. The van der Waals surface area contributed by atoms with Crippen LogP contribution in [-0.2, 0) is 4.79 Å². The van der Waals surface area contributed by atoms with Crippen LogP contribution < -0.4 is 10.6 Å². The number of carbonyl (C=O) groups is 1. The molecule has 1 aliphatic heterocycles. The van der Waals surface area contributed by atoms with Crippen molar-refractivity contribution in [2.24, 2.45) is 0 Å². The fourth-order valence-electron chi connectivity index (χ4n) is 1.61. The molecule has 2 rings (SSSR count). The second-order valence-corrected chi connectivity index (χ2v) is 4.62. The first-order chi connectivity index (χ1) is 7.25. The quantitative estimate of drug-likeness (QED) is 0.690. The van der Waals surface area contributed by atoms with Gasteiger partial charge in [-0.05, 0) is 11.4 Å². The smallest absolute Gasteiger partial charge is 0.221 e. The van der Waals surface area contributed by atoms with Crippen LogP contribution in [0.4, 0.5) is 0 Å². The Labute approximate surface area is 92.3 Å². The van der Waals surface area contributed by atoms with Gasteiger partial charge in [0.05, 0.1) is 0 Å². The van der Waals surface area contributed by atoms with Crippen LogP contribution in [0, 0.1) is 0 Å². The molecule has 4 nitrogen and oxygen atoms in total. The Balaban J connectivity index is 1.76. The third kappa shape index (κ3) is 2.77. The highest BCUT2D eigenvalue weighted by molar-refractivity contribution is 7.10. The number of thiophene rings is 1. The molecule has 0 bridgehead atoms. The second kappa shape index (κ2) is 4.74. The van der Waals surface area contributed by atoms with Crippen LogP contribution in [0.3, 0.4) is 0 Å². The molecule has 0 aromatic carbocycles. The minimum atomic E-state index is -0.472. The molecule has 1 amide bonds. The highest BCUT2D eigenvalue weighted by Crippen LogP contribution is 2.18. The Kier molecular flexibility index (Phi) is 3.35. The van der Waals surface area contributed by atoms with Gasteiger partial charge in [-0.3, -0.25) is 4.79 Å². The zero-order chi connectivity index (χ0) is 10.7. The molecule has 2 heterocycles. The monoisotopic (exact) mass is 226 g/mol. The standard InChI is InChI=1S/C10H14N2O2S/c13-8(9-2-1-3-15-9)6-11-7-4-10(14)12-5-7/h1-3,7-8,11,13H,4-6H2,(H,12,14). The fraction of sp³-hybridized carbons (Fsp3) is 0.500. The van der Waals surface area contributed by atoms with Crippen LogP contribution in [-0.4, -0.2) is 30.1 Å². The lowest BCUT2D eigenvalue weighted by Crippen LogP contribution is -2.34. The van der Waals surface area contributed by atoms with Gasteiger partial charge in [-0.15, -0.1) is 11.3 Å². The van der Waals surface area contributed by atoms with Crippen molar-refractivity contribution in [3.8, 4) is 0 Å². The number of carbonyl (C=O) groups excluding carboxylic acids is 1. The van der Waals surface area contributed by atoms with Crippen molar-refractivity contribution < 1.29 is 9.90 Å². The molecule has 2 atom stereocenters. The minimum absolute atomic E-state index is 0.0816. The number of amides is 1. The van der Waals surface area contributed by atoms with E-state index in [0.29, 0.717) is 19.5 Å². The summed E-state index contributed by atoms with van der Waals surface area (Å²) in [5.41, 5.74) is 0. The lowest BCUT2D eigenvalue weighted by atomic mass is 10.2. The Morgan fingerprint density at radius 3 is 3.20 bits per heavy atom. The zero-order valence-corrected chi connectivity index (χ0v) is 9.09. The van der Waals surface area contributed by atoms with Crippen molar-refractivity contribution in [2.75, 3.05) is 13.1 Å². The van der Waals surface area contributed by atoms with E-state index in [1.165, 1.54) is 0 Å². The third-order valence-corrected chi connectivity index (χ3v) is 3.42. The molecule has 0 saturated carbocycles. The summed E-state index contributed by atoms with van der Waals surface area (Å²) in [5, 5.41) is 17.6. The Hall–Kier alpha value is -0.910. The minimum Gasteiger partial charge on any atom is -0.386 e. The molecule has 3 N–H and O–H groups in total. The Morgan fingerprint density at radius 2 is 2.60 bits per heavy atom. The molecule has 1 fully saturated rings. The number of hydrogen-bond donors (Lipinski definition) is 3. The Morgan fingerprint density at radius 1 is 1.73 bits per heavy atom. The van der Waals surface area contributed by atoms with Crippen molar-refractivity contribution in [3.63, 3.8) is 0 Å². The number of aliphatic hydroxyl groups excluding tert-OH is 1. The van der Waals surface area contributed by atoms with E-state index in [-0.39, 0.29) is 11.9 Å². The summed E-state index contributed by atoms with van der Waals surface area (Å²) >= 11 is 1.54. The van der Waals surface area contributed by atoms with Crippen LogP contribution in [0.2, 0.25) is 0 Å². The lowest BCUT2D eigenvalue weighted by molar-refractivity contribution is -0.119. The first-order valence-corrected chi connectivity index (χ1v) is 5.85. The van der Waals surface area contributed by atoms with E-state index in [1.807, 2.05) is 17.5 Å². The molecule has 0 radical (unpaired) electrons. The zero-order valence-electron chi connectivity index (χ0n) is 8.27. The summed E-state index contributed by atoms with van der Waals surface area (Å²) in [6.45, 7) is 1.16. The highest BCUT2D eigenvalue weighted by Gasteiger charge is 2.21. The van der Waals surface area contributed by atoms with Crippen LogP contribution >= 0.6 is 11.3 Å². The van der Waals surface area contributed by atoms with E-state index in [4.69, 9.17) is 0 Å². The molecule has 2 unspecified atom stereocenters. The molecule has 15 heavy (non-hydrogen) atoms. The van der Waals surface area contributed by atoms with Crippen molar-refractivity contribution in [1.82, 2.24) is 10.6 Å². The van der Waals surface area contributed by atoms with Crippen LogP contribution in [0.1, 0.15) is 17.4 Å².